The first-order valence-electron chi connectivity index (χ1n) is 8.40. The van der Waals surface area contributed by atoms with Crippen molar-refractivity contribution in [2.75, 3.05) is 19.7 Å². The molecule has 130 valence electrons. The summed E-state index contributed by atoms with van der Waals surface area (Å²) in [4.78, 5) is 6.53. The molecule has 0 amide bonds. The fraction of sp³-hybridized carbons (Fsp3) is 0.556. The number of nitrogens with zero attached hydrogens (tertiary/aromatic N) is 3. The van der Waals surface area contributed by atoms with Crippen LogP contribution in [0.25, 0.3) is 0 Å². The van der Waals surface area contributed by atoms with E-state index in [1.54, 1.807) is 6.92 Å². The van der Waals surface area contributed by atoms with Crippen LogP contribution in [0.5, 0.6) is 5.75 Å². The molecule has 1 aromatic heterocycles. The van der Waals surface area contributed by atoms with Crippen LogP contribution in [0.3, 0.4) is 0 Å². The lowest BCUT2D eigenvalue weighted by Gasteiger charge is -2.39. The van der Waals surface area contributed by atoms with Crippen molar-refractivity contribution >= 4 is 0 Å². The largest absolute Gasteiger partial charge is 0.485 e. The van der Waals surface area contributed by atoms with Gasteiger partial charge in [0.2, 0.25) is 11.7 Å². The summed E-state index contributed by atoms with van der Waals surface area (Å²) in [5.41, 5.74) is 1.28. The van der Waals surface area contributed by atoms with Crippen molar-refractivity contribution in [3.63, 3.8) is 0 Å². The van der Waals surface area contributed by atoms with E-state index in [0.29, 0.717) is 18.3 Å². The Hall–Kier alpha value is -1.92. The molecule has 1 aliphatic rings. The van der Waals surface area contributed by atoms with Crippen LogP contribution >= 0.6 is 0 Å². The van der Waals surface area contributed by atoms with Gasteiger partial charge in [-0.15, -0.1) is 0 Å². The molecule has 1 aromatic carbocycles. The van der Waals surface area contributed by atoms with Crippen molar-refractivity contribution in [3.05, 3.63) is 41.5 Å². The van der Waals surface area contributed by atoms with Crippen molar-refractivity contribution in [2.45, 2.75) is 39.8 Å². The highest BCUT2D eigenvalue weighted by Crippen LogP contribution is 2.29. The zero-order chi connectivity index (χ0) is 17.0. The number of aliphatic hydroxyl groups is 1. The molecule has 1 saturated heterocycles. The smallest absolute Gasteiger partial charge is 0.223 e. The van der Waals surface area contributed by atoms with E-state index < -0.39 is 0 Å². The van der Waals surface area contributed by atoms with E-state index in [1.165, 1.54) is 5.56 Å². The second kappa shape index (κ2) is 7.32. The topological polar surface area (TPSA) is 71.6 Å². The summed E-state index contributed by atoms with van der Waals surface area (Å²) >= 11 is 0. The normalized spacial score (nSPS) is 21.8. The van der Waals surface area contributed by atoms with Crippen LogP contribution in [0, 0.1) is 12.3 Å². The molecule has 0 spiro atoms. The number of aliphatic hydroxyl groups excluding tert-OH is 1. The van der Waals surface area contributed by atoms with Crippen LogP contribution in [0.1, 0.15) is 37.0 Å². The van der Waals surface area contributed by atoms with E-state index in [4.69, 9.17) is 9.26 Å². The number of likely N-dealkylation sites (tertiary alicyclic amines) is 1. The fourth-order valence-corrected chi connectivity index (χ4v) is 3.19. The molecule has 0 radical (unpaired) electrons. The van der Waals surface area contributed by atoms with Gasteiger partial charge in [-0.25, -0.2) is 0 Å². The third kappa shape index (κ3) is 4.33. The Bertz CT molecular complexity index is 656. The Morgan fingerprint density at radius 2 is 2.12 bits per heavy atom. The van der Waals surface area contributed by atoms with Crippen LogP contribution in [0.15, 0.2) is 28.8 Å². The summed E-state index contributed by atoms with van der Waals surface area (Å²) in [6, 6.07) is 8.11. The fourth-order valence-electron chi connectivity index (χ4n) is 3.19. The van der Waals surface area contributed by atoms with Gasteiger partial charge in [-0.1, -0.05) is 24.2 Å². The molecule has 1 atom stereocenters. The van der Waals surface area contributed by atoms with E-state index in [9.17, 15) is 5.11 Å². The second-order valence-electron chi connectivity index (χ2n) is 6.95. The van der Waals surface area contributed by atoms with Gasteiger partial charge in [-0.3, -0.25) is 4.90 Å². The summed E-state index contributed by atoms with van der Waals surface area (Å²) in [7, 11) is 0. The van der Waals surface area contributed by atoms with E-state index in [2.05, 4.69) is 34.1 Å². The van der Waals surface area contributed by atoms with Crippen molar-refractivity contribution in [2.24, 2.45) is 5.41 Å². The minimum absolute atomic E-state index is 0.0318. The lowest BCUT2D eigenvalue weighted by atomic mass is 9.82. The Kier molecular flexibility index (Phi) is 5.16. The summed E-state index contributed by atoms with van der Waals surface area (Å²) < 4.78 is 10.6. The first-order chi connectivity index (χ1) is 11.6. The molecule has 6 heteroatoms. The standard InChI is InChI=1S/C18H25N3O3/c1-14-19-17(20-24-14)11-23-16-6-4-15(5-7-16)10-21-9-3-8-18(2,12-21)13-22/h4-7,22H,3,8-13H2,1-2H3. The van der Waals surface area contributed by atoms with Crippen molar-refractivity contribution in [1.82, 2.24) is 15.0 Å². The molecule has 0 saturated carbocycles. The van der Waals surface area contributed by atoms with Gasteiger partial charge in [0.1, 0.15) is 5.75 Å². The van der Waals surface area contributed by atoms with E-state index in [0.717, 1.165) is 38.2 Å². The van der Waals surface area contributed by atoms with Crippen LogP contribution in [0.2, 0.25) is 0 Å². The van der Waals surface area contributed by atoms with Gasteiger partial charge in [-0.2, -0.15) is 4.98 Å². The van der Waals surface area contributed by atoms with Crippen molar-refractivity contribution in [3.8, 4) is 5.75 Å². The highest BCUT2D eigenvalue weighted by Gasteiger charge is 2.30. The Labute approximate surface area is 142 Å². The Morgan fingerprint density at radius 1 is 1.33 bits per heavy atom. The van der Waals surface area contributed by atoms with Gasteiger partial charge in [-0.05, 0) is 37.1 Å². The van der Waals surface area contributed by atoms with Gasteiger partial charge < -0.3 is 14.4 Å². The number of benzene rings is 1. The average molecular weight is 331 g/mol. The van der Waals surface area contributed by atoms with Gasteiger partial charge in [0.15, 0.2) is 6.61 Å². The SMILES string of the molecule is Cc1nc(COc2ccc(CN3CCCC(C)(CO)C3)cc2)no1. The maximum atomic E-state index is 9.56. The molecule has 1 fully saturated rings. The Balaban J connectivity index is 1.52. The number of hydrogen-bond acceptors (Lipinski definition) is 6. The van der Waals surface area contributed by atoms with Gasteiger partial charge in [0.25, 0.3) is 0 Å². The van der Waals surface area contributed by atoms with Crippen LogP contribution in [-0.2, 0) is 13.2 Å². The van der Waals surface area contributed by atoms with Gasteiger partial charge >= 0.3 is 0 Å². The number of piperidine rings is 1. The van der Waals surface area contributed by atoms with E-state index >= 15 is 0 Å². The van der Waals surface area contributed by atoms with E-state index in [-0.39, 0.29) is 12.0 Å². The van der Waals surface area contributed by atoms with Crippen LogP contribution in [0.4, 0.5) is 0 Å². The maximum Gasteiger partial charge on any atom is 0.223 e. The quantitative estimate of drug-likeness (QED) is 0.877. The predicted octanol–water partition coefficient (Wildman–Crippen LogP) is 2.55. The molecule has 6 nitrogen and oxygen atoms in total. The molecular weight excluding hydrogens is 306 g/mol. The van der Waals surface area contributed by atoms with E-state index in [1.807, 2.05) is 12.1 Å². The molecule has 1 aliphatic heterocycles. The van der Waals surface area contributed by atoms with Gasteiger partial charge in [0.05, 0.1) is 0 Å². The molecule has 0 bridgehead atoms. The third-order valence-corrected chi connectivity index (χ3v) is 4.51. The molecule has 0 aliphatic carbocycles. The first kappa shape index (κ1) is 16.9. The van der Waals surface area contributed by atoms with Gasteiger partial charge in [0, 0.05) is 32.0 Å². The summed E-state index contributed by atoms with van der Waals surface area (Å²) in [6.45, 7) is 7.41. The summed E-state index contributed by atoms with van der Waals surface area (Å²) in [6.07, 6.45) is 2.24. The van der Waals surface area contributed by atoms with Crippen LogP contribution in [-0.4, -0.2) is 39.8 Å². The van der Waals surface area contributed by atoms with Crippen molar-refractivity contribution < 1.29 is 14.4 Å². The highest BCUT2D eigenvalue weighted by molar-refractivity contribution is 5.27. The first-order valence-corrected chi connectivity index (χ1v) is 8.40. The molecular formula is C18H25N3O3. The molecule has 24 heavy (non-hydrogen) atoms. The summed E-state index contributed by atoms with van der Waals surface area (Å²) in [5, 5.41) is 13.4. The Morgan fingerprint density at radius 3 is 2.79 bits per heavy atom. The predicted molar refractivity (Wildman–Crippen MR) is 89.5 cm³/mol. The zero-order valence-electron chi connectivity index (χ0n) is 14.4. The molecule has 2 aromatic rings. The second-order valence-corrected chi connectivity index (χ2v) is 6.95. The molecule has 1 unspecified atom stereocenters. The number of hydrogen-bond donors (Lipinski definition) is 1. The average Bonchev–Trinajstić information content (AvgIpc) is 3.00. The number of ether oxygens (including phenoxy) is 1. The highest BCUT2D eigenvalue weighted by atomic mass is 16.5. The van der Waals surface area contributed by atoms with Crippen molar-refractivity contribution in [1.29, 1.82) is 0 Å². The third-order valence-electron chi connectivity index (χ3n) is 4.51. The zero-order valence-corrected chi connectivity index (χ0v) is 14.4. The lowest BCUT2D eigenvalue weighted by molar-refractivity contribution is 0.0429. The minimum Gasteiger partial charge on any atom is -0.485 e. The monoisotopic (exact) mass is 331 g/mol. The number of aromatic nitrogens is 2. The maximum absolute atomic E-state index is 9.56. The lowest BCUT2D eigenvalue weighted by Crippen LogP contribution is -2.43. The molecule has 1 N–H and O–H groups in total. The number of rotatable bonds is 6. The van der Waals surface area contributed by atoms with Crippen LogP contribution < -0.4 is 4.74 Å². The number of aryl methyl sites for hydroxylation is 1. The molecule has 2 heterocycles. The minimum atomic E-state index is 0.0318. The summed E-state index contributed by atoms with van der Waals surface area (Å²) in [5.74, 6) is 1.88. The molecule has 3 rings (SSSR count).